The standard InChI is InChI=1S/C24H22/c1-18(2)24(21-16-10-5-11-17-21)22(19-12-6-3-7-13-19)23(24)20-14-8-4-9-15-20/h3-18H,1-2H3. The summed E-state index contributed by atoms with van der Waals surface area (Å²) in [6, 6.07) is 32.7. The van der Waals surface area contributed by atoms with Gasteiger partial charge in [0, 0.05) is 5.41 Å². The van der Waals surface area contributed by atoms with E-state index in [0.717, 1.165) is 0 Å². The fourth-order valence-corrected chi connectivity index (χ4v) is 4.15. The van der Waals surface area contributed by atoms with Gasteiger partial charge in [0.25, 0.3) is 0 Å². The summed E-state index contributed by atoms with van der Waals surface area (Å²) in [7, 11) is 0. The number of benzene rings is 3. The maximum atomic E-state index is 2.34. The normalized spacial score (nSPS) is 15.6. The van der Waals surface area contributed by atoms with Crippen molar-refractivity contribution in [1.29, 1.82) is 0 Å². The fourth-order valence-electron chi connectivity index (χ4n) is 4.15. The summed E-state index contributed by atoms with van der Waals surface area (Å²) in [6.45, 7) is 4.68. The zero-order chi connectivity index (χ0) is 16.6. The lowest BCUT2D eigenvalue weighted by Crippen LogP contribution is -2.21. The molecule has 0 saturated carbocycles. The van der Waals surface area contributed by atoms with E-state index < -0.39 is 0 Å². The summed E-state index contributed by atoms with van der Waals surface area (Å²) in [5, 5.41) is 0. The van der Waals surface area contributed by atoms with E-state index >= 15 is 0 Å². The highest BCUT2D eigenvalue weighted by atomic mass is 14.6. The van der Waals surface area contributed by atoms with Crippen LogP contribution in [0, 0.1) is 5.92 Å². The van der Waals surface area contributed by atoms with Gasteiger partial charge in [0.05, 0.1) is 0 Å². The molecule has 3 aromatic rings. The van der Waals surface area contributed by atoms with Crippen LogP contribution in [0.4, 0.5) is 0 Å². The molecule has 0 atom stereocenters. The molecule has 0 aromatic heterocycles. The number of rotatable bonds is 4. The van der Waals surface area contributed by atoms with Gasteiger partial charge in [-0.3, -0.25) is 0 Å². The van der Waals surface area contributed by atoms with Crippen molar-refractivity contribution in [2.75, 3.05) is 0 Å². The van der Waals surface area contributed by atoms with Crippen molar-refractivity contribution in [3.63, 3.8) is 0 Å². The minimum atomic E-state index is 0.0178. The Bertz CT molecular complexity index is 806. The second-order valence-electron chi connectivity index (χ2n) is 6.81. The van der Waals surface area contributed by atoms with Crippen molar-refractivity contribution in [3.8, 4) is 0 Å². The van der Waals surface area contributed by atoms with Crippen molar-refractivity contribution >= 4 is 11.1 Å². The average molecular weight is 310 g/mol. The second-order valence-corrected chi connectivity index (χ2v) is 6.81. The molecule has 3 aromatic carbocycles. The Labute approximate surface area is 144 Å². The molecule has 0 heteroatoms. The smallest absolute Gasteiger partial charge is 0.0492 e. The van der Waals surface area contributed by atoms with Gasteiger partial charge in [-0.1, -0.05) is 105 Å². The van der Waals surface area contributed by atoms with Crippen LogP contribution in [0.2, 0.25) is 0 Å². The van der Waals surface area contributed by atoms with Crippen LogP contribution in [-0.2, 0) is 5.41 Å². The fraction of sp³-hybridized carbons (Fsp3) is 0.167. The molecule has 0 bridgehead atoms. The molecule has 0 heterocycles. The first-order chi connectivity index (χ1) is 11.8. The van der Waals surface area contributed by atoms with Crippen LogP contribution in [0.1, 0.15) is 30.5 Å². The maximum Gasteiger partial charge on any atom is 0.0492 e. The summed E-state index contributed by atoms with van der Waals surface area (Å²) in [5.41, 5.74) is 7.07. The van der Waals surface area contributed by atoms with E-state index in [1.807, 2.05) is 0 Å². The molecule has 0 saturated heterocycles. The van der Waals surface area contributed by atoms with Crippen molar-refractivity contribution in [2.45, 2.75) is 19.3 Å². The Balaban J connectivity index is 1.95. The second kappa shape index (κ2) is 5.79. The van der Waals surface area contributed by atoms with E-state index in [0.29, 0.717) is 5.92 Å². The molecule has 0 radical (unpaired) electrons. The van der Waals surface area contributed by atoms with E-state index in [1.165, 1.54) is 27.8 Å². The Morgan fingerprint density at radius 1 is 0.542 bits per heavy atom. The van der Waals surface area contributed by atoms with Gasteiger partial charge in [-0.25, -0.2) is 0 Å². The highest BCUT2D eigenvalue weighted by Gasteiger charge is 2.56. The minimum Gasteiger partial charge on any atom is -0.0622 e. The predicted octanol–water partition coefficient (Wildman–Crippen LogP) is 6.21. The molecule has 0 unspecified atom stereocenters. The van der Waals surface area contributed by atoms with Gasteiger partial charge in [-0.2, -0.15) is 0 Å². The van der Waals surface area contributed by atoms with Gasteiger partial charge < -0.3 is 0 Å². The molecule has 0 spiro atoms. The van der Waals surface area contributed by atoms with Crippen LogP contribution < -0.4 is 0 Å². The number of hydrogen-bond acceptors (Lipinski definition) is 0. The van der Waals surface area contributed by atoms with Crippen molar-refractivity contribution in [1.82, 2.24) is 0 Å². The van der Waals surface area contributed by atoms with Gasteiger partial charge in [-0.15, -0.1) is 0 Å². The first-order valence-corrected chi connectivity index (χ1v) is 8.68. The van der Waals surface area contributed by atoms with Gasteiger partial charge in [0.15, 0.2) is 0 Å². The molecule has 0 aliphatic heterocycles. The summed E-state index contributed by atoms with van der Waals surface area (Å²) >= 11 is 0. The molecule has 0 N–H and O–H groups in total. The Morgan fingerprint density at radius 3 is 1.29 bits per heavy atom. The quantitative estimate of drug-likeness (QED) is 0.538. The first-order valence-electron chi connectivity index (χ1n) is 8.68. The minimum absolute atomic E-state index is 0.0178. The number of allylic oxidation sites excluding steroid dienone is 2. The molecule has 0 nitrogen and oxygen atoms in total. The Morgan fingerprint density at radius 2 is 0.917 bits per heavy atom. The monoisotopic (exact) mass is 310 g/mol. The summed E-state index contributed by atoms with van der Waals surface area (Å²) in [6.07, 6.45) is 0. The Kier molecular flexibility index (Phi) is 3.61. The summed E-state index contributed by atoms with van der Waals surface area (Å²) in [4.78, 5) is 0. The SMILES string of the molecule is CC(C)C1(c2ccccc2)C(c2ccccc2)=C1c1ccccc1. The third-order valence-corrected chi connectivity index (χ3v) is 5.20. The van der Waals surface area contributed by atoms with Crippen LogP contribution >= 0.6 is 0 Å². The topological polar surface area (TPSA) is 0 Å². The molecule has 0 amide bonds. The van der Waals surface area contributed by atoms with E-state index in [2.05, 4.69) is 105 Å². The van der Waals surface area contributed by atoms with Crippen LogP contribution in [0.3, 0.4) is 0 Å². The largest absolute Gasteiger partial charge is 0.0622 e. The molecule has 24 heavy (non-hydrogen) atoms. The number of hydrogen-bond donors (Lipinski definition) is 0. The maximum absolute atomic E-state index is 2.34. The van der Waals surface area contributed by atoms with Crippen LogP contribution in [-0.4, -0.2) is 0 Å². The average Bonchev–Trinajstić information content (AvgIpc) is 3.35. The molecule has 1 aliphatic carbocycles. The van der Waals surface area contributed by atoms with Crippen molar-refractivity contribution < 1.29 is 0 Å². The molecule has 1 aliphatic rings. The lowest BCUT2D eigenvalue weighted by molar-refractivity contribution is 0.538. The van der Waals surface area contributed by atoms with Gasteiger partial charge in [0.1, 0.15) is 0 Å². The van der Waals surface area contributed by atoms with Crippen molar-refractivity contribution in [2.24, 2.45) is 5.92 Å². The highest BCUT2D eigenvalue weighted by molar-refractivity contribution is 6.19. The lowest BCUT2D eigenvalue weighted by Gasteiger charge is -2.26. The first kappa shape index (κ1) is 15.0. The van der Waals surface area contributed by atoms with Crippen molar-refractivity contribution in [3.05, 3.63) is 108 Å². The zero-order valence-electron chi connectivity index (χ0n) is 14.2. The van der Waals surface area contributed by atoms with E-state index in [4.69, 9.17) is 0 Å². The van der Waals surface area contributed by atoms with Gasteiger partial charge in [-0.05, 0) is 33.8 Å². The highest BCUT2D eigenvalue weighted by Crippen LogP contribution is 2.67. The summed E-state index contributed by atoms with van der Waals surface area (Å²) < 4.78 is 0. The molecule has 4 rings (SSSR count). The molecular formula is C24H22. The van der Waals surface area contributed by atoms with Gasteiger partial charge in [0.2, 0.25) is 0 Å². The van der Waals surface area contributed by atoms with Crippen LogP contribution in [0.15, 0.2) is 91.0 Å². The van der Waals surface area contributed by atoms with Crippen LogP contribution in [0.5, 0.6) is 0 Å². The van der Waals surface area contributed by atoms with Gasteiger partial charge >= 0.3 is 0 Å². The lowest BCUT2D eigenvalue weighted by atomic mass is 9.76. The van der Waals surface area contributed by atoms with E-state index in [-0.39, 0.29) is 5.41 Å². The molecule has 118 valence electrons. The predicted molar refractivity (Wildman–Crippen MR) is 103 cm³/mol. The van der Waals surface area contributed by atoms with E-state index in [9.17, 15) is 0 Å². The Hall–Kier alpha value is -2.60. The van der Waals surface area contributed by atoms with E-state index in [1.54, 1.807) is 0 Å². The summed E-state index contributed by atoms with van der Waals surface area (Å²) in [5.74, 6) is 0.505. The molecular weight excluding hydrogens is 288 g/mol. The molecule has 0 fully saturated rings. The third-order valence-electron chi connectivity index (χ3n) is 5.20. The third kappa shape index (κ3) is 2.14. The van der Waals surface area contributed by atoms with Crippen LogP contribution in [0.25, 0.3) is 11.1 Å². The zero-order valence-corrected chi connectivity index (χ0v) is 14.2.